The third-order valence-electron chi connectivity index (χ3n) is 3.31. The van der Waals surface area contributed by atoms with Crippen molar-refractivity contribution in [2.45, 2.75) is 18.9 Å². The average Bonchev–Trinajstić information content (AvgIpc) is 3.19. The lowest BCUT2D eigenvalue weighted by Crippen LogP contribution is -2.29. The van der Waals surface area contributed by atoms with Crippen LogP contribution in [0.1, 0.15) is 22.5 Å². The Kier molecular flexibility index (Phi) is 5.84. The van der Waals surface area contributed by atoms with Gasteiger partial charge in [-0.3, -0.25) is 4.79 Å². The number of nitrogen functional groups attached to an aromatic ring is 1. The van der Waals surface area contributed by atoms with E-state index in [0.717, 1.165) is 30.9 Å². The molecule has 1 aromatic rings. The topological polar surface area (TPSA) is 76.8 Å². The number of methoxy groups -OCH3 is 2. The zero-order valence-electron chi connectivity index (χ0n) is 12.6. The van der Waals surface area contributed by atoms with Crippen molar-refractivity contribution >= 4 is 27.9 Å². The molecule has 1 aromatic heterocycles. The third kappa shape index (κ3) is 4.59. The van der Waals surface area contributed by atoms with Crippen molar-refractivity contribution in [3.63, 3.8) is 0 Å². The van der Waals surface area contributed by atoms with E-state index in [9.17, 15) is 4.79 Å². The molecule has 21 heavy (non-hydrogen) atoms. The molecule has 1 heterocycles. The van der Waals surface area contributed by atoms with E-state index in [1.54, 1.807) is 14.2 Å². The summed E-state index contributed by atoms with van der Waals surface area (Å²) in [7, 11) is 3.34. The van der Waals surface area contributed by atoms with Crippen molar-refractivity contribution in [3.8, 4) is 0 Å². The van der Waals surface area contributed by atoms with Crippen LogP contribution in [0.15, 0.2) is 6.07 Å². The largest absolute Gasteiger partial charge is 0.397 e. The minimum absolute atomic E-state index is 0.0651. The quantitative estimate of drug-likeness (QED) is 0.719. The second-order valence-electron chi connectivity index (χ2n) is 5.09. The number of carbonyl (C=O) groups excluding carboxylic acids is 1. The molecule has 1 aliphatic carbocycles. The SMILES string of the molecule is COCCN(CCOC)c1cc(N)c(C(=O)NC2CC2)s1. The molecule has 0 radical (unpaired) electrons. The normalized spacial score (nSPS) is 14.2. The van der Waals surface area contributed by atoms with Gasteiger partial charge in [0, 0.05) is 33.4 Å². The van der Waals surface area contributed by atoms with E-state index < -0.39 is 0 Å². The van der Waals surface area contributed by atoms with Gasteiger partial charge in [-0.1, -0.05) is 0 Å². The van der Waals surface area contributed by atoms with Crippen LogP contribution in [0.5, 0.6) is 0 Å². The first-order chi connectivity index (χ1) is 10.2. The van der Waals surface area contributed by atoms with Crippen LogP contribution in [0.2, 0.25) is 0 Å². The summed E-state index contributed by atoms with van der Waals surface area (Å²) in [5, 5.41) is 3.95. The van der Waals surface area contributed by atoms with Crippen LogP contribution in [0.4, 0.5) is 10.7 Å². The first-order valence-electron chi connectivity index (χ1n) is 7.08. The lowest BCUT2D eigenvalue weighted by atomic mass is 10.3. The number of thiophene rings is 1. The predicted octanol–water partition coefficient (Wildman–Crippen LogP) is 1.32. The zero-order chi connectivity index (χ0) is 15.2. The van der Waals surface area contributed by atoms with E-state index in [1.165, 1.54) is 11.3 Å². The van der Waals surface area contributed by atoms with Gasteiger partial charge in [0.1, 0.15) is 4.88 Å². The fraction of sp³-hybridized carbons (Fsp3) is 0.643. The summed E-state index contributed by atoms with van der Waals surface area (Å²) in [6.07, 6.45) is 2.13. The molecule has 3 N–H and O–H groups in total. The number of hydrogen-bond donors (Lipinski definition) is 2. The van der Waals surface area contributed by atoms with Gasteiger partial charge in [0.25, 0.3) is 5.91 Å². The fourth-order valence-electron chi connectivity index (χ4n) is 1.94. The Balaban J connectivity index is 2.06. The molecule has 1 aliphatic rings. The van der Waals surface area contributed by atoms with Crippen LogP contribution in [-0.4, -0.2) is 52.5 Å². The van der Waals surface area contributed by atoms with Crippen molar-refractivity contribution in [2.75, 3.05) is 51.2 Å². The predicted molar refractivity (Wildman–Crippen MR) is 85.2 cm³/mol. The molecule has 6 nitrogen and oxygen atoms in total. The van der Waals surface area contributed by atoms with E-state index >= 15 is 0 Å². The van der Waals surface area contributed by atoms with Gasteiger partial charge in [-0.05, 0) is 18.9 Å². The van der Waals surface area contributed by atoms with Crippen LogP contribution in [0.25, 0.3) is 0 Å². The van der Waals surface area contributed by atoms with Crippen molar-refractivity contribution in [3.05, 3.63) is 10.9 Å². The number of nitrogens with one attached hydrogen (secondary N) is 1. The summed E-state index contributed by atoms with van der Waals surface area (Å²) in [6.45, 7) is 2.71. The highest BCUT2D eigenvalue weighted by Gasteiger charge is 2.26. The molecular weight excluding hydrogens is 290 g/mol. The zero-order valence-corrected chi connectivity index (χ0v) is 13.4. The van der Waals surface area contributed by atoms with E-state index in [-0.39, 0.29) is 5.91 Å². The Hall–Kier alpha value is -1.31. The molecule has 1 amide bonds. The second kappa shape index (κ2) is 7.63. The van der Waals surface area contributed by atoms with Gasteiger partial charge in [0.15, 0.2) is 0 Å². The lowest BCUT2D eigenvalue weighted by molar-refractivity contribution is 0.0956. The smallest absolute Gasteiger partial charge is 0.263 e. The van der Waals surface area contributed by atoms with Crippen molar-refractivity contribution in [2.24, 2.45) is 0 Å². The highest BCUT2D eigenvalue weighted by Crippen LogP contribution is 2.33. The first-order valence-corrected chi connectivity index (χ1v) is 7.90. The standard InChI is InChI=1S/C14H23N3O3S/c1-19-7-5-17(6-8-20-2)12-9-11(15)13(21-12)14(18)16-10-3-4-10/h9-10H,3-8,15H2,1-2H3,(H,16,18). The summed E-state index contributed by atoms with van der Waals surface area (Å²) < 4.78 is 10.3. The maximum absolute atomic E-state index is 12.1. The average molecular weight is 313 g/mol. The second-order valence-corrected chi connectivity index (χ2v) is 6.12. The lowest BCUT2D eigenvalue weighted by Gasteiger charge is -2.22. The van der Waals surface area contributed by atoms with E-state index in [0.29, 0.717) is 29.8 Å². The number of amides is 1. The molecule has 0 aliphatic heterocycles. The molecule has 7 heteroatoms. The van der Waals surface area contributed by atoms with Crippen LogP contribution < -0.4 is 16.0 Å². The molecule has 0 unspecified atom stereocenters. The molecule has 1 fully saturated rings. The molecule has 1 saturated carbocycles. The Morgan fingerprint density at radius 1 is 1.38 bits per heavy atom. The first kappa shape index (κ1) is 16.1. The Labute approximate surface area is 129 Å². The number of carbonyl (C=O) groups is 1. The van der Waals surface area contributed by atoms with Crippen molar-refractivity contribution in [1.29, 1.82) is 0 Å². The maximum atomic E-state index is 12.1. The Morgan fingerprint density at radius 2 is 2.00 bits per heavy atom. The number of anilines is 2. The number of hydrogen-bond acceptors (Lipinski definition) is 6. The number of ether oxygens (including phenoxy) is 2. The van der Waals surface area contributed by atoms with Crippen LogP contribution in [-0.2, 0) is 9.47 Å². The summed E-state index contributed by atoms with van der Waals surface area (Å²) in [5.41, 5.74) is 6.53. The van der Waals surface area contributed by atoms with Gasteiger partial charge in [0.2, 0.25) is 0 Å². The molecule has 2 rings (SSSR count). The number of nitrogens with two attached hydrogens (primary N) is 1. The molecule has 0 bridgehead atoms. The molecule has 0 saturated heterocycles. The van der Waals surface area contributed by atoms with E-state index in [1.807, 2.05) is 6.07 Å². The number of rotatable bonds is 9. The summed E-state index contributed by atoms with van der Waals surface area (Å²) in [4.78, 5) is 14.9. The van der Waals surface area contributed by atoms with Crippen LogP contribution in [0, 0.1) is 0 Å². The van der Waals surface area contributed by atoms with Gasteiger partial charge < -0.3 is 25.4 Å². The Bertz CT molecular complexity index is 466. The van der Waals surface area contributed by atoms with Crippen molar-refractivity contribution < 1.29 is 14.3 Å². The fourth-order valence-corrected chi connectivity index (χ4v) is 2.97. The monoisotopic (exact) mass is 313 g/mol. The highest BCUT2D eigenvalue weighted by molar-refractivity contribution is 7.18. The van der Waals surface area contributed by atoms with Gasteiger partial charge in [-0.25, -0.2) is 0 Å². The van der Waals surface area contributed by atoms with Gasteiger partial charge in [-0.2, -0.15) is 0 Å². The molecular formula is C14H23N3O3S. The summed E-state index contributed by atoms with van der Waals surface area (Å²) in [6, 6.07) is 2.19. The van der Waals surface area contributed by atoms with Gasteiger partial charge in [0.05, 0.1) is 23.9 Å². The number of nitrogens with zero attached hydrogens (tertiary/aromatic N) is 1. The molecule has 0 spiro atoms. The van der Waals surface area contributed by atoms with E-state index in [4.69, 9.17) is 15.2 Å². The minimum atomic E-state index is -0.0651. The summed E-state index contributed by atoms with van der Waals surface area (Å²) in [5.74, 6) is -0.0651. The minimum Gasteiger partial charge on any atom is -0.397 e. The molecule has 0 atom stereocenters. The van der Waals surface area contributed by atoms with Crippen LogP contribution >= 0.6 is 11.3 Å². The summed E-state index contributed by atoms with van der Waals surface area (Å²) >= 11 is 1.42. The Morgan fingerprint density at radius 3 is 2.52 bits per heavy atom. The van der Waals surface area contributed by atoms with Crippen LogP contribution in [0.3, 0.4) is 0 Å². The van der Waals surface area contributed by atoms with Crippen molar-refractivity contribution in [1.82, 2.24) is 5.32 Å². The van der Waals surface area contributed by atoms with Gasteiger partial charge >= 0.3 is 0 Å². The molecule has 118 valence electrons. The van der Waals surface area contributed by atoms with E-state index in [2.05, 4.69) is 10.2 Å². The highest BCUT2D eigenvalue weighted by atomic mass is 32.1. The molecule has 0 aromatic carbocycles. The van der Waals surface area contributed by atoms with Gasteiger partial charge in [-0.15, -0.1) is 11.3 Å². The maximum Gasteiger partial charge on any atom is 0.263 e. The third-order valence-corrected chi connectivity index (χ3v) is 4.52.